The number of rotatable bonds is 3. The fourth-order valence-electron chi connectivity index (χ4n) is 3.51. The third kappa shape index (κ3) is 3.87. The van der Waals surface area contributed by atoms with Gasteiger partial charge in [-0.3, -0.25) is 14.6 Å². The average Bonchev–Trinajstić information content (AvgIpc) is 3.04. The fraction of sp³-hybridized carbons (Fsp3) is 0.409. The molecule has 0 saturated carbocycles. The van der Waals surface area contributed by atoms with Crippen LogP contribution in [0.15, 0.2) is 52.2 Å². The van der Waals surface area contributed by atoms with Crippen LogP contribution in [-0.4, -0.2) is 42.1 Å². The fourth-order valence-corrected chi connectivity index (χ4v) is 3.51. The molecule has 0 atom stereocenters. The zero-order valence-electron chi connectivity index (χ0n) is 16.7. The van der Waals surface area contributed by atoms with Gasteiger partial charge in [0.2, 0.25) is 0 Å². The van der Waals surface area contributed by atoms with E-state index in [1.165, 1.54) is 0 Å². The van der Waals surface area contributed by atoms with Crippen molar-refractivity contribution < 1.29 is 9.59 Å². The van der Waals surface area contributed by atoms with E-state index < -0.39 is 0 Å². The van der Waals surface area contributed by atoms with Crippen LogP contribution in [-0.2, 0) is 4.79 Å². The van der Waals surface area contributed by atoms with Crippen LogP contribution in [0.1, 0.15) is 43.6 Å². The van der Waals surface area contributed by atoms with Crippen molar-refractivity contribution in [1.29, 1.82) is 0 Å². The number of aliphatic imine (C=N–C) groups is 1. The lowest BCUT2D eigenvalue weighted by atomic mass is 9.81. The Bertz CT molecular complexity index is 858. The Morgan fingerprint density at radius 3 is 2.48 bits per heavy atom. The summed E-state index contributed by atoms with van der Waals surface area (Å²) in [6, 6.07) is 7.53. The van der Waals surface area contributed by atoms with Gasteiger partial charge in [-0.05, 0) is 38.5 Å². The number of carbonyl (C=O) groups is 2. The Morgan fingerprint density at radius 1 is 1.19 bits per heavy atom. The molecule has 2 aliphatic rings. The molecule has 0 bridgehead atoms. The predicted octanol–water partition coefficient (Wildman–Crippen LogP) is 3.27. The number of nitrogens with one attached hydrogen (secondary N) is 1. The van der Waals surface area contributed by atoms with Gasteiger partial charge in [0.05, 0.1) is 12.1 Å². The predicted molar refractivity (Wildman–Crippen MR) is 108 cm³/mol. The number of hydrogen-bond donors (Lipinski definition) is 1. The first-order chi connectivity index (χ1) is 12.7. The second-order valence-corrected chi connectivity index (χ2v) is 8.22. The number of aryl methyl sites for hydroxylation is 1. The van der Waals surface area contributed by atoms with Crippen LogP contribution in [0.2, 0.25) is 0 Å². The van der Waals surface area contributed by atoms with E-state index in [2.05, 4.69) is 24.2 Å². The molecule has 1 aromatic carbocycles. The van der Waals surface area contributed by atoms with E-state index in [9.17, 15) is 9.59 Å². The molecule has 0 radical (unpaired) electrons. The molecular formula is C22H27N3O2. The molecule has 0 aromatic heterocycles. The highest BCUT2D eigenvalue weighted by Gasteiger charge is 2.37. The molecule has 2 amide bonds. The summed E-state index contributed by atoms with van der Waals surface area (Å²) < 4.78 is 0. The summed E-state index contributed by atoms with van der Waals surface area (Å²) in [5, 5.41) is 2.95. The molecule has 1 N–H and O–H groups in total. The van der Waals surface area contributed by atoms with Gasteiger partial charge in [0.1, 0.15) is 0 Å². The smallest absolute Gasteiger partial charge is 0.257 e. The van der Waals surface area contributed by atoms with E-state index in [1.807, 2.05) is 45.0 Å². The van der Waals surface area contributed by atoms with Crippen molar-refractivity contribution in [1.82, 2.24) is 10.2 Å². The lowest BCUT2D eigenvalue weighted by molar-refractivity contribution is -0.117. The molecule has 142 valence electrons. The average molecular weight is 365 g/mol. The Hall–Kier alpha value is -2.69. The van der Waals surface area contributed by atoms with Crippen molar-refractivity contribution in [3.05, 3.63) is 58.3 Å². The van der Waals surface area contributed by atoms with Gasteiger partial charge in [-0.1, -0.05) is 31.5 Å². The number of benzene rings is 1. The Morgan fingerprint density at radius 2 is 1.85 bits per heavy atom. The van der Waals surface area contributed by atoms with Crippen molar-refractivity contribution >= 4 is 18.0 Å². The maximum absolute atomic E-state index is 13.2. The third-order valence-electron chi connectivity index (χ3n) is 4.98. The molecule has 0 spiro atoms. The second kappa shape index (κ2) is 7.14. The second-order valence-electron chi connectivity index (χ2n) is 8.22. The van der Waals surface area contributed by atoms with E-state index in [0.717, 1.165) is 16.7 Å². The van der Waals surface area contributed by atoms with Crippen molar-refractivity contribution in [2.24, 2.45) is 10.4 Å². The molecular weight excluding hydrogens is 338 g/mol. The number of hydrogen-bond acceptors (Lipinski definition) is 3. The van der Waals surface area contributed by atoms with Gasteiger partial charge < -0.3 is 10.2 Å². The maximum atomic E-state index is 13.2. The monoisotopic (exact) mass is 365 g/mol. The highest BCUT2D eigenvalue weighted by molar-refractivity contribution is 6.08. The largest absolute Gasteiger partial charge is 0.350 e. The highest BCUT2D eigenvalue weighted by Crippen LogP contribution is 2.38. The standard InChI is InChI=1S/C22H27N3O2/c1-14(2)24-20(26)18-12-25(21(27)16-8-6-15(3)7-9-16)13-22(4,5)19-11-23-10-17(18)19/h6-10,12,14H,11,13H2,1-5H3,(H,24,26). The van der Waals surface area contributed by atoms with E-state index in [-0.39, 0.29) is 23.3 Å². The molecule has 2 aliphatic heterocycles. The van der Waals surface area contributed by atoms with Crippen molar-refractivity contribution in [3.8, 4) is 0 Å². The van der Waals surface area contributed by atoms with Crippen LogP contribution in [0.5, 0.6) is 0 Å². The molecule has 0 fully saturated rings. The lowest BCUT2D eigenvalue weighted by Crippen LogP contribution is -2.36. The van der Waals surface area contributed by atoms with Crippen LogP contribution in [0, 0.1) is 12.3 Å². The first-order valence-electron chi connectivity index (χ1n) is 9.33. The number of nitrogens with zero attached hydrogens (tertiary/aromatic N) is 2. The van der Waals surface area contributed by atoms with E-state index in [4.69, 9.17) is 0 Å². The van der Waals surface area contributed by atoms with Gasteiger partial charge in [-0.15, -0.1) is 0 Å². The van der Waals surface area contributed by atoms with Crippen LogP contribution < -0.4 is 5.32 Å². The zero-order valence-corrected chi connectivity index (χ0v) is 16.7. The van der Waals surface area contributed by atoms with Crippen LogP contribution >= 0.6 is 0 Å². The quantitative estimate of drug-likeness (QED) is 0.894. The Balaban J connectivity index is 2.04. The van der Waals surface area contributed by atoms with Crippen LogP contribution in [0.25, 0.3) is 0 Å². The molecule has 27 heavy (non-hydrogen) atoms. The van der Waals surface area contributed by atoms with Gasteiger partial charge in [-0.2, -0.15) is 0 Å². The summed E-state index contributed by atoms with van der Waals surface area (Å²) in [5.74, 6) is -0.277. The Labute approximate surface area is 160 Å². The third-order valence-corrected chi connectivity index (χ3v) is 4.98. The minimum absolute atomic E-state index is 0.0123. The SMILES string of the molecule is Cc1ccc(C(=O)N2C=C(C(=O)NC(C)C)C3=C(CN=C3)C(C)(C)C2)cc1. The number of amides is 2. The molecule has 5 heteroatoms. The molecule has 1 aromatic rings. The summed E-state index contributed by atoms with van der Waals surface area (Å²) in [5.41, 5.74) is 3.90. The number of carbonyl (C=O) groups excluding carboxylic acids is 2. The van der Waals surface area contributed by atoms with Gasteiger partial charge in [0, 0.05) is 41.6 Å². The van der Waals surface area contributed by atoms with E-state index >= 15 is 0 Å². The van der Waals surface area contributed by atoms with Gasteiger partial charge >= 0.3 is 0 Å². The van der Waals surface area contributed by atoms with Crippen LogP contribution in [0.4, 0.5) is 0 Å². The van der Waals surface area contributed by atoms with Gasteiger partial charge in [0.25, 0.3) is 11.8 Å². The lowest BCUT2D eigenvalue weighted by Gasteiger charge is -2.30. The Kier molecular flexibility index (Phi) is 5.05. The summed E-state index contributed by atoms with van der Waals surface area (Å²) in [6.45, 7) is 11.1. The van der Waals surface area contributed by atoms with Crippen molar-refractivity contribution in [3.63, 3.8) is 0 Å². The van der Waals surface area contributed by atoms with E-state index in [0.29, 0.717) is 24.2 Å². The molecule has 0 aliphatic carbocycles. The summed E-state index contributed by atoms with van der Waals surface area (Å²) >= 11 is 0. The molecule has 5 nitrogen and oxygen atoms in total. The van der Waals surface area contributed by atoms with Crippen LogP contribution in [0.3, 0.4) is 0 Å². The summed E-state index contributed by atoms with van der Waals surface area (Å²) in [4.78, 5) is 32.1. The summed E-state index contributed by atoms with van der Waals surface area (Å²) in [6.07, 6.45) is 3.46. The zero-order chi connectivity index (χ0) is 19.8. The topological polar surface area (TPSA) is 61.8 Å². The molecule has 3 rings (SSSR count). The van der Waals surface area contributed by atoms with Gasteiger partial charge in [-0.25, -0.2) is 0 Å². The summed E-state index contributed by atoms with van der Waals surface area (Å²) in [7, 11) is 0. The normalized spacial score (nSPS) is 18.3. The molecule has 0 unspecified atom stereocenters. The first kappa shape index (κ1) is 19.1. The highest BCUT2D eigenvalue weighted by atomic mass is 16.2. The first-order valence-corrected chi connectivity index (χ1v) is 9.33. The minimum atomic E-state index is -0.275. The van der Waals surface area contributed by atoms with Crippen molar-refractivity contribution in [2.75, 3.05) is 13.1 Å². The van der Waals surface area contributed by atoms with Gasteiger partial charge in [0.15, 0.2) is 0 Å². The van der Waals surface area contributed by atoms with E-state index in [1.54, 1.807) is 17.3 Å². The molecule has 0 saturated heterocycles. The minimum Gasteiger partial charge on any atom is -0.350 e. The maximum Gasteiger partial charge on any atom is 0.257 e. The molecule has 2 heterocycles. The van der Waals surface area contributed by atoms with Crippen molar-refractivity contribution in [2.45, 2.75) is 40.7 Å².